The van der Waals surface area contributed by atoms with Crippen LogP contribution in [-0.2, 0) is 0 Å². The minimum atomic E-state index is 1.07. The first kappa shape index (κ1) is 11.9. The number of hydrogen-bond donors (Lipinski definition) is 0. The molecule has 3 aromatic carbocycles. The molecule has 0 saturated heterocycles. The quantitative estimate of drug-likeness (QED) is 0.516. The SMILES string of the molecule is c1ccc(-n2nccc2-c2ccc3ccccc3c2)cc1. The van der Waals surface area contributed by atoms with Crippen LogP contribution in [0.3, 0.4) is 0 Å². The first-order chi connectivity index (χ1) is 10.4. The number of fused-ring (bicyclic) bond motifs is 1. The third-order valence-electron chi connectivity index (χ3n) is 3.69. The maximum absolute atomic E-state index is 4.46. The molecule has 0 saturated carbocycles. The Bertz CT molecular complexity index is 892. The van der Waals surface area contributed by atoms with E-state index in [4.69, 9.17) is 0 Å². The third-order valence-corrected chi connectivity index (χ3v) is 3.69. The average molecular weight is 270 g/mol. The molecule has 0 spiro atoms. The fraction of sp³-hybridized carbons (Fsp3) is 0. The summed E-state index contributed by atoms with van der Waals surface area (Å²) in [6.45, 7) is 0. The van der Waals surface area contributed by atoms with E-state index in [1.807, 2.05) is 29.1 Å². The molecule has 0 aliphatic rings. The smallest absolute Gasteiger partial charge is 0.0741 e. The van der Waals surface area contributed by atoms with Crippen LogP contribution >= 0.6 is 0 Å². The van der Waals surface area contributed by atoms with Crippen LogP contribution in [0.5, 0.6) is 0 Å². The van der Waals surface area contributed by atoms with E-state index in [2.05, 4.69) is 65.8 Å². The summed E-state index contributed by atoms with van der Waals surface area (Å²) in [7, 11) is 0. The Hall–Kier alpha value is -2.87. The average Bonchev–Trinajstić information content (AvgIpc) is 3.05. The molecule has 0 radical (unpaired) electrons. The lowest BCUT2D eigenvalue weighted by atomic mass is 10.1. The number of benzene rings is 3. The molecular formula is C19H14N2. The topological polar surface area (TPSA) is 17.8 Å². The second kappa shape index (κ2) is 4.91. The molecule has 0 amide bonds. The Morgan fingerprint density at radius 3 is 2.29 bits per heavy atom. The molecule has 100 valence electrons. The second-order valence-corrected chi connectivity index (χ2v) is 5.03. The van der Waals surface area contributed by atoms with Crippen molar-refractivity contribution in [2.24, 2.45) is 0 Å². The van der Waals surface area contributed by atoms with E-state index in [0.29, 0.717) is 0 Å². The first-order valence-electron chi connectivity index (χ1n) is 7.00. The van der Waals surface area contributed by atoms with Crippen LogP contribution in [0.4, 0.5) is 0 Å². The fourth-order valence-corrected chi connectivity index (χ4v) is 2.65. The summed E-state index contributed by atoms with van der Waals surface area (Å²) in [6, 6.07) is 27.2. The maximum atomic E-state index is 4.46. The monoisotopic (exact) mass is 270 g/mol. The summed E-state index contributed by atoms with van der Waals surface area (Å²) in [5.41, 5.74) is 3.35. The van der Waals surface area contributed by atoms with E-state index in [-0.39, 0.29) is 0 Å². The predicted octanol–water partition coefficient (Wildman–Crippen LogP) is 4.69. The van der Waals surface area contributed by atoms with Gasteiger partial charge >= 0.3 is 0 Å². The molecule has 0 N–H and O–H groups in total. The first-order valence-corrected chi connectivity index (χ1v) is 7.00. The molecule has 0 bridgehead atoms. The van der Waals surface area contributed by atoms with Gasteiger partial charge in [-0.25, -0.2) is 4.68 Å². The van der Waals surface area contributed by atoms with E-state index < -0.39 is 0 Å². The van der Waals surface area contributed by atoms with Gasteiger partial charge in [0.2, 0.25) is 0 Å². The Balaban J connectivity index is 1.88. The van der Waals surface area contributed by atoms with Crippen LogP contribution in [0.25, 0.3) is 27.7 Å². The summed E-state index contributed by atoms with van der Waals surface area (Å²) in [6.07, 6.45) is 1.84. The summed E-state index contributed by atoms with van der Waals surface area (Å²) in [4.78, 5) is 0. The van der Waals surface area contributed by atoms with Gasteiger partial charge in [0.1, 0.15) is 0 Å². The zero-order chi connectivity index (χ0) is 14.1. The normalized spacial score (nSPS) is 10.9. The molecule has 0 aliphatic heterocycles. The van der Waals surface area contributed by atoms with Crippen molar-refractivity contribution >= 4 is 10.8 Å². The zero-order valence-electron chi connectivity index (χ0n) is 11.5. The molecule has 4 aromatic rings. The molecule has 4 rings (SSSR count). The van der Waals surface area contributed by atoms with Crippen molar-refractivity contribution in [3.05, 3.63) is 85.1 Å². The van der Waals surface area contributed by atoms with Gasteiger partial charge in [-0.3, -0.25) is 0 Å². The summed E-state index contributed by atoms with van der Waals surface area (Å²) >= 11 is 0. The van der Waals surface area contributed by atoms with Gasteiger partial charge in [0, 0.05) is 5.56 Å². The molecule has 2 heteroatoms. The highest BCUT2D eigenvalue weighted by Crippen LogP contribution is 2.26. The van der Waals surface area contributed by atoms with Gasteiger partial charge in [0.25, 0.3) is 0 Å². The molecule has 0 atom stereocenters. The summed E-state index contributed by atoms with van der Waals surface area (Å²) in [5, 5.41) is 6.96. The Labute approximate surface area is 123 Å². The number of nitrogens with zero attached hydrogens (tertiary/aromatic N) is 2. The largest absolute Gasteiger partial charge is 0.233 e. The molecule has 21 heavy (non-hydrogen) atoms. The van der Waals surface area contributed by atoms with E-state index in [9.17, 15) is 0 Å². The van der Waals surface area contributed by atoms with Crippen LogP contribution in [-0.4, -0.2) is 9.78 Å². The number of para-hydroxylation sites is 1. The lowest BCUT2D eigenvalue weighted by Crippen LogP contribution is -1.98. The molecule has 2 nitrogen and oxygen atoms in total. The minimum Gasteiger partial charge on any atom is -0.233 e. The lowest BCUT2D eigenvalue weighted by molar-refractivity contribution is 0.888. The van der Waals surface area contributed by atoms with Crippen molar-refractivity contribution in [1.82, 2.24) is 9.78 Å². The number of rotatable bonds is 2. The molecule has 1 heterocycles. The van der Waals surface area contributed by atoms with Crippen molar-refractivity contribution in [2.45, 2.75) is 0 Å². The van der Waals surface area contributed by atoms with Crippen LogP contribution in [0.15, 0.2) is 85.1 Å². The van der Waals surface area contributed by atoms with Gasteiger partial charge in [0.15, 0.2) is 0 Å². The van der Waals surface area contributed by atoms with Crippen LogP contribution in [0.1, 0.15) is 0 Å². The standard InChI is InChI=1S/C19H14N2/c1-2-8-18(9-3-1)21-19(12-13-20-21)17-11-10-15-6-4-5-7-16(15)14-17/h1-14H. The third kappa shape index (κ3) is 2.11. The Morgan fingerprint density at radius 2 is 1.43 bits per heavy atom. The molecular weight excluding hydrogens is 256 g/mol. The van der Waals surface area contributed by atoms with Crippen LogP contribution in [0.2, 0.25) is 0 Å². The predicted molar refractivity (Wildman–Crippen MR) is 86.5 cm³/mol. The molecule has 0 unspecified atom stereocenters. The zero-order valence-corrected chi connectivity index (χ0v) is 11.5. The van der Waals surface area contributed by atoms with Gasteiger partial charge < -0.3 is 0 Å². The summed E-state index contributed by atoms with van der Waals surface area (Å²) in [5.74, 6) is 0. The van der Waals surface area contributed by atoms with Crippen LogP contribution in [0, 0.1) is 0 Å². The highest BCUT2D eigenvalue weighted by Gasteiger charge is 2.07. The van der Waals surface area contributed by atoms with Gasteiger partial charge in [-0.15, -0.1) is 0 Å². The minimum absolute atomic E-state index is 1.07. The fourth-order valence-electron chi connectivity index (χ4n) is 2.65. The van der Waals surface area contributed by atoms with Crippen molar-refractivity contribution in [3.8, 4) is 16.9 Å². The number of hydrogen-bond acceptors (Lipinski definition) is 1. The number of aromatic nitrogens is 2. The molecule has 1 aromatic heterocycles. The van der Waals surface area contributed by atoms with E-state index >= 15 is 0 Å². The van der Waals surface area contributed by atoms with E-state index in [1.54, 1.807) is 0 Å². The highest BCUT2D eigenvalue weighted by atomic mass is 15.3. The van der Waals surface area contributed by atoms with Gasteiger partial charge in [0.05, 0.1) is 17.6 Å². The van der Waals surface area contributed by atoms with Crippen molar-refractivity contribution in [1.29, 1.82) is 0 Å². The van der Waals surface area contributed by atoms with Crippen molar-refractivity contribution in [2.75, 3.05) is 0 Å². The van der Waals surface area contributed by atoms with Crippen LogP contribution < -0.4 is 0 Å². The molecule has 0 fully saturated rings. The van der Waals surface area contributed by atoms with Gasteiger partial charge in [-0.2, -0.15) is 5.10 Å². The van der Waals surface area contributed by atoms with Gasteiger partial charge in [-0.1, -0.05) is 54.6 Å². The molecule has 0 aliphatic carbocycles. The van der Waals surface area contributed by atoms with Gasteiger partial charge in [-0.05, 0) is 35.0 Å². The van der Waals surface area contributed by atoms with Crippen molar-refractivity contribution < 1.29 is 0 Å². The Kier molecular flexibility index (Phi) is 2.79. The Morgan fingerprint density at radius 1 is 0.667 bits per heavy atom. The second-order valence-electron chi connectivity index (χ2n) is 5.03. The van der Waals surface area contributed by atoms with Crippen molar-refractivity contribution in [3.63, 3.8) is 0 Å². The maximum Gasteiger partial charge on any atom is 0.0741 e. The lowest BCUT2D eigenvalue weighted by Gasteiger charge is -2.08. The summed E-state index contributed by atoms with van der Waals surface area (Å²) < 4.78 is 1.98. The highest BCUT2D eigenvalue weighted by molar-refractivity contribution is 5.86. The van der Waals surface area contributed by atoms with E-state index in [1.165, 1.54) is 16.3 Å². The van der Waals surface area contributed by atoms with E-state index in [0.717, 1.165) is 11.4 Å².